The quantitative estimate of drug-likeness (QED) is 0.463. The van der Waals surface area contributed by atoms with Gasteiger partial charge in [0.15, 0.2) is 11.5 Å². The van der Waals surface area contributed by atoms with Crippen LogP contribution in [0.15, 0.2) is 48.5 Å². The first-order chi connectivity index (χ1) is 15.0. The average molecular weight is 430 g/mol. The molecule has 31 heavy (non-hydrogen) atoms. The fourth-order valence-corrected chi connectivity index (χ4v) is 3.63. The third-order valence-corrected chi connectivity index (χ3v) is 5.41. The van der Waals surface area contributed by atoms with Crippen LogP contribution in [-0.2, 0) is 21.7 Å². The number of nitrogens with zero attached hydrogens (tertiary/aromatic N) is 2. The first-order valence-electron chi connectivity index (χ1n) is 9.89. The highest BCUT2D eigenvalue weighted by Crippen LogP contribution is 2.41. The first-order valence-corrected chi connectivity index (χ1v) is 9.89. The van der Waals surface area contributed by atoms with Gasteiger partial charge in [-0.15, -0.1) is 0 Å². The molecule has 6 nitrogen and oxygen atoms in total. The van der Waals surface area contributed by atoms with Crippen LogP contribution in [0.2, 0.25) is 0 Å². The van der Waals surface area contributed by atoms with E-state index in [2.05, 4.69) is 9.58 Å². The van der Waals surface area contributed by atoms with E-state index in [1.807, 2.05) is 35.2 Å². The summed E-state index contributed by atoms with van der Waals surface area (Å²) in [6.45, 7) is 6.30. The van der Waals surface area contributed by atoms with Crippen molar-refractivity contribution in [2.24, 2.45) is 0 Å². The molecule has 0 atom stereocenters. The smallest absolute Gasteiger partial charge is 0.387 e. The molecule has 0 saturated carbocycles. The number of hydrogen-bond acceptors (Lipinski definition) is 5. The van der Waals surface area contributed by atoms with Crippen molar-refractivity contribution in [2.75, 3.05) is 26.7 Å². The molecule has 0 bridgehead atoms. The van der Waals surface area contributed by atoms with Crippen LogP contribution in [0.3, 0.4) is 0 Å². The van der Waals surface area contributed by atoms with Gasteiger partial charge in [0.1, 0.15) is 6.61 Å². The fraction of sp³-hybridized carbons (Fsp3) is 0.391. The van der Waals surface area contributed by atoms with Gasteiger partial charge in [0, 0.05) is 31.5 Å². The molecule has 0 aliphatic carbocycles. The maximum atomic E-state index is 12.9. The Morgan fingerprint density at radius 1 is 1.16 bits per heavy atom. The normalized spacial score (nSPS) is 15.8. The van der Waals surface area contributed by atoms with Crippen molar-refractivity contribution in [1.82, 2.24) is 4.90 Å². The Hall–Kier alpha value is -3.18. The second-order valence-corrected chi connectivity index (χ2v) is 7.31. The van der Waals surface area contributed by atoms with E-state index in [9.17, 15) is 13.6 Å². The van der Waals surface area contributed by atoms with Gasteiger partial charge in [-0.1, -0.05) is 30.3 Å². The fourth-order valence-electron chi connectivity index (χ4n) is 3.63. The number of alkyl halides is 2. The lowest BCUT2D eigenvalue weighted by atomic mass is 9.81. The van der Waals surface area contributed by atoms with Crippen LogP contribution >= 0.6 is 0 Å². The molecule has 0 amide bonds. The predicted molar refractivity (Wildman–Crippen MR) is 110 cm³/mol. The third kappa shape index (κ3) is 5.70. The molecule has 0 N–H and O–H groups in total. The molecule has 0 spiro atoms. The van der Waals surface area contributed by atoms with Gasteiger partial charge in [0.2, 0.25) is 0 Å². The topological polar surface area (TPSA) is 52.4 Å². The van der Waals surface area contributed by atoms with Crippen molar-refractivity contribution < 1.29 is 27.8 Å². The van der Waals surface area contributed by atoms with Gasteiger partial charge >= 0.3 is 12.6 Å². The number of carbonyl (C=O) groups excluding carboxylic acids is 1. The van der Waals surface area contributed by atoms with Crippen molar-refractivity contribution in [1.29, 1.82) is 0 Å². The monoisotopic (exact) mass is 430 g/mol. The Labute approximate surface area is 180 Å². The molecule has 2 aromatic carbocycles. The van der Waals surface area contributed by atoms with Crippen LogP contribution in [0.1, 0.15) is 24.0 Å². The van der Waals surface area contributed by atoms with E-state index in [1.165, 1.54) is 13.2 Å². The minimum atomic E-state index is -2.98. The van der Waals surface area contributed by atoms with E-state index in [1.54, 1.807) is 12.1 Å². The zero-order valence-corrected chi connectivity index (χ0v) is 17.2. The number of ether oxygens (including phenoxy) is 3. The largest absolute Gasteiger partial charge is 0.485 e. The summed E-state index contributed by atoms with van der Waals surface area (Å²) in [6.07, 6.45) is 1.00. The van der Waals surface area contributed by atoms with Gasteiger partial charge in [-0.2, -0.15) is 8.78 Å². The molecule has 3 rings (SSSR count). The Kier molecular flexibility index (Phi) is 7.42. The van der Waals surface area contributed by atoms with Crippen LogP contribution in [0.4, 0.5) is 8.78 Å². The Morgan fingerprint density at radius 3 is 2.48 bits per heavy atom. The maximum absolute atomic E-state index is 12.9. The number of carbonyl (C=O) groups is 1. The number of likely N-dealkylation sites (tertiary alicyclic amines) is 1. The van der Waals surface area contributed by atoms with E-state index >= 15 is 0 Å². The molecule has 0 aromatic heterocycles. The van der Waals surface area contributed by atoms with Crippen molar-refractivity contribution in [2.45, 2.75) is 31.6 Å². The van der Waals surface area contributed by atoms with E-state index in [4.69, 9.17) is 16.0 Å². The molecule has 2 aromatic rings. The third-order valence-electron chi connectivity index (χ3n) is 5.41. The van der Waals surface area contributed by atoms with E-state index in [-0.39, 0.29) is 30.6 Å². The van der Waals surface area contributed by atoms with Gasteiger partial charge in [-0.05, 0) is 23.8 Å². The summed E-state index contributed by atoms with van der Waals surface area (Å²) in [7, 11) is 1.34. The Balaban J connectivity index is 1.81. The molecule has 0 unspecified atom stereocenters. The molecule has 8 heteroatoms. The number of benzene rings is 2. The van der Waals surface area contributed by atoms with E-state index in [0.29, 0.717) is 31.5 Å². The highest BCUT2D eigenvalue weighted by Gasteiger charge is 2.43. The van der Waals surface area contributed by atoms with E-state index in [0.717, 1.165) is 5.56 Å². The van der Waals surface area contributed by atoms with Crippen LogP contribution in [-0.4, -0.2) is 44.2 Å². The van der Waals surface area contributed by atoms with Crippen molar-refractivity contribution >= 4 is 5.97 Å². The van der Waals surface area contributed by atoms with Gasteiger partial charge in [-0.25, -0.2) is 6.57 Å². The molecule has 164 valence electrons. The molecule has 1 aliphatic rings. The Bertz CT molecular complexity index is 923. The second kappa shape index (κ2) is 10.2. The summed E-state index contributed by atoms with van der Waals surface area (Å²) in [4.78, 5) is 17.4. The lowest BCUT2D eigenvalue weighted by molar-refractivity contribution is -0.142. The standard InChI is InChI=1S/C23H24F2N2O4/c1-26-23(10-12-27(13-11-23)15-21(28)29-2)18-8-9-19(31-22(24)25)20(14-18)30-16-17-6-4-3-5-7-17/h3-9,14,22H,10-13,15-16H2,2H3. The number of esters is 1. The minimum Gasteiger partial charge on any atom is -0.485 e. The predicted octanol–water partition coefficient (Wildman–Crippen LogP) is 4.25. The molecular weight excluding hydrogens is 406 g/mol. The highest BCUT2D eigenvalue weighted by atomic mass is 19.3. The lowest BCUT2D eigenvalue weighted by Gasteiger charge is -2.33. The summed E-state index contributed by atoms with van der Waals surface area (Å²) in [5.41, 5.74) is 0.748. The molecule has 1 fully saturated rings. The van der Waals surface area contributed by atoms with E-state index < -0.39 is 12.2 Å². The average Bonchev–Trinajstić information content (AvgIpc) is 2.79. The van der Waals surface area contributed by atoms with Crippen LogP contribution in [0.5, 0.6) is 11.5 Å². The van der Waals surface area contributed by atoms with Crippen LogP contribution < -0.4 is 9.47 Å². The SMILES string of the molecule is [C-]#[N+]C1(c2ccc(OC(F)F)c(OCc3ccccc3)c2)CCN(CC(=O)OC)CC1. The van der Waals surface area contributed by atoms with Crippen molar-refractivity contribution in [3.05, 3.63) is 71.1 Å². The minimum absolute atomic E-state index is 0.0714. The molecule has 1 saturated heterocycles. The Morgan fingerprint density at radius 2 is 1.87 bits per heavy atom. The molecule has 1 heterocycles. The van der Waals surface area contributed by atoms with Crippen molar-refractivity contribution in [3.63, 3.8) is 0 Å². The lowest BCUT2D eigenvalue weighted by Crippen LogP contribution is -2.43. The van der Waals surface area contributed by atoms with Crippen molar-refractivity contribution in [3.8, 4) is 11.5 Å². The summed E-state index contributed by atoms with van der Waals surface area (Å²) < 4.78 is 40.9. The highest BCUT2D eigenvalue weighted by molar-refractivity contribution is 5.71. The number of methoxy groups -OCH3 is 1. The maximum Gasteiger partial charge on any atom is 0.387 e. The van der Waals surface area contributed by atoms with Gasteiger partial charge in [0.25, 0.3) is 5.54 Å². The zero-order valence-electron chi connectivity index (χ0n) is 17.2. The van der Waals surface area contributed by atoms with Crippen LogP contribution in [0.25, 0.3) is 4.85 Å². The van der Waals surface area contributed by atoms with Gasteiger partial charge in [0.05, 0.1) is 13.7 Å². The first kappa shape index (κ1) is 22.5. The molecule has 0 radical (unpaired) electrons. The van der Waals surface area contributed by atoms with Gasteiger partial charge in [-0.3, -0.25) is 9.69 Å². The summed E-state index contributed by atoms with van der Waals surface area (Å²) in [5.74, 6) is -0.222. The molecule has 1 aliphatic heterocycles. The van der Waals surface area contributed by atoms with Crippen LogP contribution in [0, 0.1) is 6.57 Å². The number of hydrogen-bond donors (Lipinski definition) is 0. The molecular formula is C23H24F2N2O4. The number of piperidine rings is 1. The zero-order chi connectivity index (χ0) is 22.3. The summed E-state index contributed by atoms with van der Waals surface area (Å²) in [5, 5.41) is 0. The number of rotatable bonds is 8. The summed E-state index contributed by atoms with van der Waals surface area (Å²) >= 11 is 0. The van der Waals surface area contributed by atoms with Gasteiger partial charge < -0.3 is 19.1 Å². The summed E-state index contributed by atoms with van der Waals surface area (Å²) in [6, 6.07) is 14.0. The second-order valence-electron chi connectivity index (χ2n) is 7.31. The number of halogens is 2.